The number of para-hydroxylation sites is 1. The maximum absolute atomic E-state index is 11.8. The minimum Gasteiger partial charge on any atom is -0.488 e. The van der Waals surface area contributed by atoms with Gasteiger partial charge in [-0.3, -0.25) is 9.52 Å². The van der Waals surface area contributed by atoms with Gasteiger partial charge in [-0.15, -0.1) is 0 Å². The Morgan fingerprint density at radius 3 is 2.58 bits per heavy atom. The summed E-state index contributed by atoms with van der Waals surface area (Å²) in [5.74, 6) is 0.0152. The molecule has 19 heavy (non-hydrogen) atoms. The first-order valence-corrected chi connectivity index (χ1v) is 7.79. The van der Waals surface area contributed by atoms with Crippen LogP contribution in [-0.2, 0) is 10.0 Å². The van der Waals surface area contributed by atoms with Crippen molar-refractivity contribution in [3.05, 3.63) is 23.8 Å². The molecule has 0 unspecified atom stereocenters. The number of amides is 1. The number of sulfonamides is 1. The molecule has 1 fully saturated rings. The third kappa shape index (κ3) is 3.60. The molecule has 7 heteroatoms. The highest BCUT2D eigenvalue weighted by Crippen LogP contribution is 2.34. The highest BCUT2D eigenvalue weighted by Gasteiger charge is 2.26. The average Bonchev–Trinajstić information content (AvgIpc) is 3.12. The van der Waals surface area contributed by atoms with Crippen molar-refractivity contribution in [2.75, 3.05) is 18.0 Å². The van der Waals surface area contributed by atoms with Crippen molar-refractivity contribution in [1.82, 2.24) is 5.32 Å². The molecular weight excluding hydrogens is 268 g/mol. The fourth-order valence-electron chi connectivity index (χ4n) is 1.61. The lowest BCUT2D eigenvalue weighted by atomic mass is 10.1. The van der Waals surface area contributed by atoms with E-state index in [0.29, 0.717) is 5.75 Å². The summed E-state index contributed by atoms with van der Waals surface area (Å²) >= 11 is 0. The number of nitrogens with one attached hydrogen (secondary N) is 2. The molecule has 1 aromatic rings. The van der Waals surface area contributed by atoms with Crippen LogP contribution in [0.5, 0.6) is 5.75 Å². The third-order valence-electron chi connectivity index (χ3n) is 2.60. The molecule has 2 N–H and O–H groups in total. The molecule has 1 aliphatic carbocycles. The van der Waals surface area contributed by atoms with E-state index in [1.165, 1.54) is 7.05 Å². The zero-order valence-electron chi connectivity index (χ0n) is 10.8. The SMILES string of the molecule is CNC(=O)c1cccc(OC2CC2)c1NS(C)(=O)=O. The van der Waals surface area contributed by atoms with Gasteiger partial charge in [0.1, 0.15) is 11.4 Å². The van der Waals surface area contributed by atoms with Crippen LogP contribution in [0.3, 0.4) is 0 Å². The van der Waals surface area contributed by atoms with Crippen LogP contribution in [0.15, 0.2) is 18.2 Å². The van der Waals surface area contributed by atoms with Crippen LogP contribution in [-0.4, -0.2) is 33.7 Å². The summed E-state index contributed by atoms with van der Waals surface area (Å²) in [5, 5.41) is 2.47. The molecule has 6 nitrogen and oxygen atoms in total. The molecule has 0 atom stereocenters. The van der Waals surface area contributed by atoms with E-state index in [2.05, 4.69) is 10.0 Å². The van der Waals surface area contributed by atoms with Gasteiger partial charge in [0.15, 0.2) is 0 Å². The standard InChI is InChI=1S/C12H16N2O4S/c1-13-12(15)9-4-3-5-10(18-8-6-7-8)11(9)14-19(2,16)17/h3-5,8,14H,6-7H2,1-2H3,(H,13,15). The van der Waals surface area contributed by atoms with Crippen molar-refractivity contribution in [2.24, 2.45) is 0 Å². The third-order valence-corrected chi connectivity index (χ3v) is 3.18. The number of hydrogen-bond donors (Lipinski definition) is 2. The van der Waals surface area contributed by atoms with Gasteiger partial charge in [0.25, 0.3) is 5.91 Å². The van der Waals surface area contributed by atoms with Crippen LogP contribution < -0.4 is 14.8 Å². The summed E-state index contributed by atoms with van der Waals surface area (Å²) in [6.07, 6.45) is 3.04. The fourth-order valence-corrected chi connectivity index (χ4v) is 2.19. The second kappa shape index (κ2) is 5.08. The van der Waals surface area contributed by atoms with Gasteiger partial charge < -0.3 is 10.1 Å². The summed E-state index contributed by atoms with van der Waals surface area (Å²) in [6, 6.07) is 4.86. The van der Waals surface area contributed by atoms with E-state index in [0.717, 1.165) is 19.1 Å². The molecular formula is C12H16N2O4S. The molecule has 1 amide bonds. The Labute approximate surface area is 112 Å². The monoisotopic (exact) mass is 284 g/mol. The second-order valence-electron chi connectivity index (χ2n) is 4.45. The first kappa shape index (κ1) is 13.7. The Morgan fingerprint density at radius 1 is 1.37 bits per heavy atom. The first-order chi connectivity index (χ1) is 8.90. The largest absolute Gasteiger partial charge is 0.488 e. The Hall–Kier alpha value is -1.76. The normalized spacial score (nSPS) is 14.8. The number of benzene rings is 1. The zero-order chi connectivity index (χ0) is 14.0. The van der Waals surface area contributed by atoms with Gasteiger partial charge in [-0.25, -0.2) is 8.42 Å². The van der Waals surface area contributed by atoms with Gasteiger partial charge in [0, 0.05) is 7.05 Å². The quantitative estimate of drug-likeness (QED) is 0.843. The van der Waals surface area contributed by atoms with E-state index in [4.69, 9.17) is 4.74 Å². The first-order valence-electron chi connectivity index (χ1n) is 5.90. The molecule has 0 heterocycles. The van der Waals surface area contributed by atoms with E-state index >= 15 is 0 Å². The van der Waals surface area contributed by atoms with Crippen molar-refractivity contribution in [1.29, 1.82) is 0 Å². The van der Waals surface area contributed by atoms with Crippen molar-refractivity contribution >= 4 is 21.6 Å². The topological polar surface area (TPSA) is 84.5 Å². The number of carbonyl (C=O) groups is 1. The van der Waals surface area contributed by atoms with E-state index in [1.807, 2.05) is 0 Å². The highest BCUT2D eigenvalue weighted by molar-refractivity contribution is 7.92. The van der Waals surface area contributed by atoms with Gasteiger partial charge in [-0.2, -0.15) is 0 Å². The van der Waals surface area contributed by atoms with Crippen molar-refractivity contribution in [3.63, 3.8) is 0 Å². The number of hydrogen-bond acceptors (Lipinski definition) is 4. The predicted molar refractivity (Wildman–Crippen MR) is 71.9 cm³/mol. The molecule has 104 valence electrons. The Bertz CT molecular complexity index is 594. The number of carbonyl (C=O) groups excluding carboxylic acids is 1. The van der Waals surface area contributed by atoms with E-state index in [9.17, 15) is 13.2 Å². The number of ether oxygens (including phenoxy) is 1. The minimum atomic E-state index is -3.49. The van der Waals surface area contributed by atoms with Crippen LogP contribution in [0.4, 0.5) is 5.69 Å². The number of rotatable bonds is 5. The van der Waals surface area contributed by atoms with Gasteiger partial charge in [0.2, 0.25) is 10.0 Å². The smallest absolute Gasteiger partial charge is 0.253 e. The van der Waals surface area contributed by atoms with Crippen LogP contribution in [0.2, 0.25) is 0 Å². The Kier molecular flexibility index (Phi) is 3.66. The van der Waals surface area contributed by atoms with E-state index < -0.39 is 10.0 Å². The van der Waals surface area contributed by atoms with Crippen LogP contribution in [0.25, 0.3) is 0 Å². The van der Waals surface area contributed by atoms with Crippen molar-refractivity contribution in [2.45, 2.75) is 18.9 Å². The van der Waals surface area contributed by atoms with Crippen molar-refractivity contribution in [3.8, 4) is 5.75 Å². The van der Waals surface area contributed by atoms with E-state index in [1.54, 1.807) is 18.2 Å². The van der Waals surface area contributed by atoms with Crippen LogP contribution >= 0.6 is 0 Å². The molecule has 0 radical (unpaired) electrons. The van der Waals surface area contributed by atoms with Gasteiger partial charge in [-0.1, -0.05) is 6.07 Å². The second-order valence-corrected chi connectivity index (χ2v) is 6.20. The zero-order valence-corrected chi connectivity index (χ0v) is 11.6. The van der Waals surface area contributed by atoms with Gasteiger partial charge in [-0.05, 0) is 25.0 Å². The Morgan fingerprint density at radius 2 is 2.05 bits per heavy atom. The van der Waals surface area contributed by atoms with Gasteiger partial charge >= 0.3 is 0 Å². The number of anilines is 1. The minimum absolute atomic E-state index is 0.111. The Balaban J connectivity index is 2.43. The molecule has 1 saturated carbocycles. The maximum Gasteiger partial charge on any atom is 0.253 e. The highest BCUT2D eigenvalue weighted by atomic mass is 32.2. The predicted octanol–water partition coefficient (Wildman–Crippen LogP) is 0.959. The van der Waals surface area contributed by atoms with Crippen molar-refractivity contribution < 1.29 is 17.9 Å². The van der Waals surface area contributed by atoms with Crippen LogP contribution in [0, 0.1) is 0 Å². The molecule has 0 aliphatic heterocycles. The molecule has 0 aromatic heterocycles. The van der Waals surface area contributed by atoms with Gasteiger partial charge in [0.05, 0.1) is 17.9 Å². The fraction of sp³-hybridized carbons (Fsp3) is 0.417. The lowest BCUT2D eigenvalue weighted by molar-refractivity contribution is 0.0963. The summed E-state index contributed by atoms with van der Waals surface area (Å²) in [4.78, 5) is 11.8. The summed E-state index contributed by atoms with van der Waals surface area (Å²) < 4.78 is 30.8. The summed E-state index contributed by atoms with van der Waals surface area (Å²) in [5.41, 5.74) is 0.433. The summed E-state index contributed by atoms with van der Waals surface area (Å²) in [6.45, 7) is 0. The molecule has 2 rings (SSSR count). The summed E-state index contributed by atoms with van der Waals surface area (Å²) in [7, 11) is -2.00. The van der Waals surface area contributed by atoms with Crippen LogP contribution in [0.1, 0.15) is 23.2 Å². The molecule has 1 aromatic carbocycles. The average molecular weight is 284 g/mol. The molecule has 0 saturated heterocycles. The lowest BCUT2D eigenvalue weighted by Gasteiger charge is -2.15. The molecule has 0 spiro atoms. The molecule has 0 bridgehead atoms. The maximum atomic E-state index is 11.8. The molecule has 1 aliphatic rings. The lowest BCUT2D eigenvalue weighted by Crippen LogP contribution is -2.21. The van der Waals surface area contributed by atoms with E-state index in [-0.39, 0.29) is 23.3 Å².